The fourth-order valence-corrected chi connectivity index (χ4v) is 3.65. The van der Waals surface area contributed by atoms with Gasteiger partial charge in [0.2, 0.25) is 0 Å². The van der Waals surface area contributed by atoms with E-state index in [4.69, 9.17) is 7.85 Å². The summed E-state index contributed by atoms with van der Waals surface area (Å²) in [6.07, 6.45) is 10.9. The van der Waals surface area contributed by atoms with Crippen LogP contribution in [0.4, 0.5) is 0 Å². The second-order valence-corrected chi connectivity index (χ2v) is 6.19. The zero-order valence-electron chi connectivity index (χ0n) is 10.4. The summed E-state index contributed by atoms with van der Waals surface area (Å²) >= 11 is 0. The quantitative estimate of drug-likeness (QED) is 0.466. The molecule has 0 aromatic heterocycles. The van der Waals surface area contributed by atoms with Gasteiger partial charge in [0.1, 0.15) is 0 Å². The minimum absolute atomic E-state index is 0.155. The third-order valence-electron chi connectivity index (χ3n) is 4.80. The van der Waals surface area contributed by atoms with Crippen molar-refractivity contribution in [3.8, 4) is 0 Å². The minimum atomic E-state index is 0.155. The third-order valence-corrected chi connectivity index (χ3v) is 4.80. The number of fused-ring (bicyclic) bond motifs is 1. The van der Waals surface area contributed by atoms with Crippen molar-refractivity contribution >= 4 is 7.85 Å². The van der Waals surface area contributed by atoms with Crippen molar-refractivity contribution in [2.75, 3.05) is 0 Å². The maximum atomic E-state index is 6.61. The molecule has 2 rings (SSSR count). The van der Waals surface area contributed by atoms with Gasteiger partial charge in [-0.25, -0.2) is 0 Å². The molecule has 0 saturated heterocycles. The van der Waals surface area contributed by atoms with Gasteiger partial charge >= 0.3 is 0 Å². The molecule has 3 atom stereocenters. The molecule has 0 nitrogen and oxygen atoms in total. The first-order chi connectivity index (χ1) is 7.01. The monoisotopic (exact) mass is 202 g/mol. The summed E-state index contributed by atoms with van der Waals surface area (Å²) in [5.74, 6) is 1.55. The fraction of sp³-hybridized carbons (Fsp3) is 0.857. The van der Waals surface area contributed by atoms with Crippen molar-refractivity contribution in [3.05, 3.63) is 12.2 Å². The average molecular weight is 202 g/mol. The van der Waals surface area contributed by atoms with Gasteiger partial charge in [-0.3, -0.25) is 0 Å². The lowest BCUT2D eigenvalue weighted by molar-refractivity contribution is 0.407. The molecule has 2 aliphatic carbocycles. The van der Waals surface area contributed by atoms with Gasteiger partial charge in [0.05, 0.1) is 7.85 Å². The topological polar surface area (TPSA) is 0 Å². The Kier molecular flexibility index (Phi) is 2.77. The lowest BCUT2D eigenvalue weighted by Gasteiger charge is -2.19. The maximum Gasteiger partial charge on any atom is 0.0758 e. The fourth-order valence-electron chi connectivity index (χ4n) is 3.65. The molecule has 2 aliphatic rings. The molecule has 1 fully saturated rings. The summed E-state index contributed by atoms with van der Waals surface area (Å²) in [5, 5.41) is 0.155. The van der Waals surface area contributed by atoms with E-state index in [2.05, 4.69) is 32.9 Å². The third kappa shape index (κ3) is 1.68. The van der Waals surface area contributed by atoms with E-state index in [0.717, 1.165) is 11.8 Å². The van der Waals surface area contributed by atoms with Gasteiger partial charge in [-0.05, 0) is 42.9 Å². The Morgan fingerprint density at radius 1 is 1.27 bits per heavy atom. The van der Waals surface area contributed by atoms with Crippen LogP contribution in [0.15, 0.2) is 12.2 Å². The van der Waals surface area contributed by atoms with E-state index in [1.807, 2.05) is 0 Å². The van der Waals surface area contributed by atoms with Gasteiger partial charge in [0.25, 0.3) is 0 Å². The first-order valence-corrected chi connectivity index (χ1v) is 6.44. The highest BCUT2D eigenvalue weighted by Crippen LogP contribution is 2.79. The molecule has 0 aliphatic heterocycles. The lowest BCUT2D eigenvalue weighted by Crippen LogP contribution is -2.06. The molecule has 1 saturated carbocycles. The summed E-state index contributed by atoms with van der Waals surface area (Å²) < 4.78 is 0. The van der Waals surface area contributed by atoms with Crippen molar-refractivity contribution in [3.63, 3.8) is 0 Å². The standard InChI is InChI=1S/C14H23B/c1-11(2)10-12-13(3)8-6-4-5-7-9-14(12,13)15/h4-5,11-12H,6-10H2,1-3H3/b5-4-. The number of rotatable bonds is 2. The SMILES string of the molecule is [B]C12CC/C=C\CCC1(C)C2CC(C)C. The van der Waals surface area contributed by atoms with E-state index in [0.29, 0.717) is 5.41 Å². The molecule has 0 spiro atoms. The largest absolute Gasteiger partial charge is 0.0885 e. The molecule has 82 valence electrons. The average Bonchev–Trinajstić information content (AvgIpc) is 2.54. The van der Waals surface area contributed by atoms with E-state index < -0.39 is 0 Å². The van der Waals surface area contributed by atoms with Gasteiger partial charge in [-0.15, -0.1) is 0 Å². The highest BCUT2D eigenvalue weighted by atomic mass is 14.7. The van der Waals surface area contributed by atoms with E-state index in [1.165, 1.54) is 32.1 Å². The van der Waals surface area contributed by atoms with Crippen LogP contribution in [0.3, 0.4) is 0 Å². The van der Waals surface area contributed by atoms with Crippen molar-refractivity contribution in [1.29, 1.82) is 0 Å². The predicted molar refractivity (Wildman–Crippen MR) is 67.1 cm³/mol. The van der Waals surface area contributed by atoms with Crippen LogP contribution in [0.1, 0.15) is 52.9 Å². The van der Waals surface area contributed by atoms with Crippen molar-refractivity contribution in [1.82, 2.24) is 0 Å². The van der Waals surface area contributed by atoms with Gasteiger partial charge in [-0.2, -0.15) is 0 Å². The highest BCUT2D eigenvalue weighted by molar-refractivity contribution is 6.19. The second-order valence-electron chi connectivity index (χ2n) is 6.19. The highest BCUT2D eigenvalue weighted by Gasteiger charge is 2.67. The minimum Gasteiger partial charge on any atom is -0.0885 e. The number of allylic oxidation sites excluding steroid dienone is 2. The maximum absolute atomic E-state index is 6.61. The molecule has 1 heteroatoms. The first-order valence-electron chi connectivity index (χ1n) is 6.44. The van der Waals surface area contributed by atoms with E-state index in [9.17, 15) is 0 Å². The molecule has 0 N–H and O–H groups in total. The van der Waals surface area contributed by atoms with Crippen LogP contribution in [-0.4, -0.2) is 7.85 Å². The Bertz CT molecular complexity index is 247. The summed E-state index contributed by atoms with van der Waals surface area (Å²) in [4.78, 5) is 0. The molecule has 0 amide bonds. The number of hydrogen-bond donors (Lipinski definition) is 0. The van der Waals surface area contributed by atoms with Gasteiger partial charge in [-0.1, -0.05) is 44.7 Å². The second kappa shape index (κ2) is 3.68. The smallest absolute Gasteiger partial charge is 0.0758 e. The lowest BCUT2D eigenvalue weighted by atomic mass is 9.70. The van der Waals surface area contributed by atoms with Crippen LogP contribution >= 0.6 is 0 Å². The van der Waals surface area contributed by atoms with E-state index in [1.54, 1.807) is 0 Å². The van der Waals surface area contributed by atoms with Crippen molar-refractivity contribution in [2.24, 2.45) is 17.3 Å². The van der Waals surface area contributed by atoms with Crippen LogP contribution in [0.5, 0.6) is 0 Å². The van der Waals surface area contributed by atoms with Crippen LogP contribution in [-0.2, 0) is 0 Å². The summed E-state index contributed by atoms with van der Waals surface area (Å²) in [7, 11) is 6.61. The summed E-state index contributed by atoms with van der Waals surface area (Å²) in [6, 6.07) is 0. The number of hydrogen-bond acceptors (Lipinski definition) is 0. The normalized spacial score (nSPS) is 46.8. The zero-order valence-corrected chi connectivity index (χ0v) is 10.4. The van der Waals surface area contributed by atoms with E-state index in [-0.39, 0.29) is 5.31 Å². The molecule has 15 heavy (non-hydrogen) atoms. The molecule has 0 aromatic carbocycles. The molecular weight excluding hydrogens is 179 g/mol. The molecule has 0 bridgehead atoms. The van der Waals surface area contributed by atoms with Crippen LogP contribution in [0.2, 0.25) is 5.31 Å². The predicted octanol–water partition coefficient (Wildman–Crippen LogP) is 4.13. The Labute approximate surface area is 95.9 Å². The Hall–Kier alpha value is -0.195. The Morgan fingerprint density at radius 2 is 1.87 bits per heavy atom. The summed E-state index contributed by atoms with van der Waals surface area (Å²) in [6.45, 7) is 7.05. The molecule has 0 aromatic rings. The first kappa shape index (κ1) is 11.3. The van der Waals surface area contributed by atoms with Crippen molar-refractivity contribution in [2.45, 2.75) is 58.2 Å². The van der Waals surface area contributed by atoms with Gasteiger partial charge < -0.3 is 0 Å². The molecule has 0 heterocycles. The van der Waals surface area contributed by atoms with E-state index >= 15 is 0 Å². The van der Waals surface area contributed by atoms with Crippen LogP contribution in [0, 0.1) is 17.3 Å². The Morgan fingerprint density at radius 3 is 2.47 bits per heavy atom. The molecule has 2 radical (unpaired) electrons. The molecule has 3 unspecified atom stereocenters. The van der Waals surface area contributed by atoms with Gasteiger partial charge in [0, 0.05) is 0 Å². The van der Waals surface area contributed by atoms with Gasteiger partial charge in [0.15, 0.2) is 0 Å². The Balaban J connectivity index is 2.10. The van der Waals surface area contributed by atoms with Crippen molar-refractivity contribution < 1.29 is 0 Å². The zero-order chi connectivity index (χ0) is 11.1. The summed E-state index contributed by atoms with van der Waals surface area (Å²) in [5.41, 5.74) is 0.433. The van der Waals surface area contributed by atoms with Crippen LogP contribution in [0.25, 0.3) is 0 Å². The molecular formula is C14H23B. The van der Waals surface area contributed by atoms with Crippen LogP contribution < -0.4 is 0 Å².